The predicted molar refractivity (Wildman–Crippen MR) is 150 cm³/mol. The number of unbranched alkanes of at least 4 members (excludes halogenated alkanes) is 1. The molecular formula is C28H35N5O5. The average molecular weight is 522 g/mol. The van der Waals surface area contributed by atoms with Crippen LogP contribution in [0.15, 0.2) is 47.3 Å². The van der Waals surface area contributed by atoms with Gasteiger partial charge in [0, 0.05) is 18.2 Å². The Morgan fingerprint density at radius 3 is 2.55 bits per heavy atom. The van der Waals surface area contributed by atoms with Crippen molar-refractivity contribution >= 4 is 23.6 Å². The molecule has 1 heterocycles. The van der Waals surface area contributed by atoms with E-state index in [1.807, 2.05) is 37.3 Å². The quantitative estimate of drug-likeness (QED) is 0.245. The van der Waals surface area contributed by atoms with Crippen molar-refractivity contribution in [2.75, 3.05) is 44.8 Å². The number of carbonyl (C=O) groups is 1. The molecule has 3 rings (SSSR count). The summed E-state index contributed by atoms with van der Waals surface area (Å²) in [7, 11) is 2.06. The number of aliphatic carboxylic acids is 1. The van der Waals surface area contributed by atoms with Gasteiger partial charge in [-0.3, -0.25) is 4.79 Å². The van der Waals surface area contributed by atoms with Gasteiger partial charge in [-0.15, -0.1) is 0 Å². The SMILES string of the molecule is CCCCN(C)CCOc1ccc(/C=C/C(=O)O)cc1-c1ccc(-c2nc(N)c(N)c(=O)[nH]2)c(OCC)c1. The summed E-state index contributed by atoms with van der Waals surface area (Å²) in [5, 5.41) is 9.06. The highest BCUT2D eigenvalue weighted by molar-refractivity contribution is 5.86. The second-order valence-electron chi connectivity index (χ2n) is 8.79. The Hall–Kier alpha value is -4.31. The van der Waals surface area contributed by atoms with E-state index in [-0.39, 0.29) is 17.3 Å². The van der Waals surface area contributed by atoms with Gasteiger partial charge in [-0.2, -0.15) is 0 Å². The van der Waals surface area contributed by atoms with E-state index < -0.39 is 11.5 Å². The Bertz CT molecular complexity index is 1350. The highest BCUT2D eigenvalue weighted by atomic mass is 16.5. The lowest BCUT2D eigenvalue weighted by atomic mass is 9.99. The normalized spacial score (nSPS) is 11.3. The van der Waals surface area contributed by atoms with Crippen LogP contribution < -0.4 is 26.5 Å². The number of hydrogen-bond acceptors (Lipinski definition) is 8. The van der Waals surface area contributed by atoms with E-state index in [1.54, 1.807) is 6.07 Å². The van der Waals surface area contributed by atoms with Gasteiger partial charge in [-0.05, 0) is 68.4 Å². The maximum atomic E-state index is 12.2. The van der Waals surface area contributed by atoms with Crippen LogP contribution in [-0.2, 0) is 4.79 Å². The zero-order valence-electron chi connectivity index (χ0n) is 22.0. The minimum Gasteiger partial charge on any atom is -0.493 e. The molecule has 0 amide bonds. The van der Waals surface area contributed by atoms with Crippen molar-refractivity contribution in [3.8, 4) is 34.0 Å². The number of benzene rings is 2. The topological polar surface area (TPSA) is 157 Å². The molecule has 0 bridgehead atoms. The lowest BCUT2D eigenvalue weighted by Gasteiger charge is -2.19. The average Bonchev–Trinajstić information content (AvgIpc) is 2.89. The van der Waals surface area contributed by atoms with Gasteiger partial charge in [-0.1, -0.05) is 25.5 Å². The number of aromatic amines is 1. The number of carboxylic acids is 1. The third-order valence-electron chi connectivity index (χ3n) is 5.88. The minimum absolute atomic E-state index is 0.0622. The Kier molecular flexibility index (Phi) is 9.89. The predicted octanol–water partition coefficient (Wildman–Crippen LogP) is 3.88. The van der Waals surface area contributed by atoms with Crippen LogP contribution in [0.25, 0.3) is 28.6 Å². The summed E-state index contributed by atoms with van der Waals surface area (Å²) in [5.74, 6) is 0.275. The molecule has 1 aromatic heterocycles. The van der Waals surface area contributed by atoms with Crippen LogP contribution >= 0.6 is 0 Å². The molecule has 2 aromatic carbocycles. The highest BCUT2D eigenvalue weighted by Crippen LogP contribution is 2.37. The van der Waals surface area contributed by atoms with Gasteiger partial charge in [0.1, 0.15) is 29.6 Å². The maximum Gasteiger partial charge on any atom is 0.328 e. The smallest absolute Gasteiger partial charge is 0.328 e. The van der Waals surface area contributed by atoms with Crippen molar-refractivity contribution in [1.82, 2.24) is 14.9 Å². The number of nitrogens with one attached hydrogen (secondary N) is 1. The Morgan fingerprint density at radius 1 is 1.08 bits per heavy atom. The summed E-state index contributed by atoms with van der Waals surface area (Å²) in [6.45, 7) is 6.64. The molecule has 0 aliphatic rings. The molecule has 38 heavy (non-hydrogen) atoms. The highest BCUT2D eigenvalue weighted by Gasteiger charge is 2.16. The van der Waals surface area contributed by atoms with Gasteiger partial charge in [0.2, 0.25) is 0 Å². The van der Waals surface area contributed by atoms with Gasteiger partial charge in [-0.25, -0.2) is 9.78 Å². The number of rotatable bonds is 13. The second kappa shape index (κ2) is 13.3. The molecule has 10 nitrogen and oxygen atoms in total. The van der Waals surface area contributed by atoms with Gasteiger partial charge in [0.15, 0.2) is 5.82 Å². The Balaban J connectivity index is 2.02. The zero-order chi connectivity index (χ0) is 27.7. The van der Waals surface area contributed by atoms with Crippen LogP contribution in [0.3, 0.4) is 0 Å². The van der Waals surface area contributed by atoms with Crippen LogP contribution in [-0.4, -0.2) is 59.3 Å². The molecule has 0 saturated carbocycles. The summed E-state index contributed by atoms with van der Waals surface area (Å²) >= 11 is 0. The molecule has 0 saturated heterocycles. The molecule has 6 N–H and O–H groups in total. The van der Waals surface area contributed by atoms with E-state index in [9.17, 15) is 9.59 Å². The van der Waals surface area contributed by atoms with Crippen LogP contribution in [0.4, 0.5) is 11.5 Å². The van der Waals surface area contributed by atoms with Crippen LogP contribution in [0.5, 0.6) is 11.5 Å². The number of anilines is 2. The van der Waals surface area contributed by atoms with Crippen LogP contribution in [0, 0.1) is 0 Å². The number of nitrogens with zero attached hydrogens (tertiary/aromatic N) is 2. The first kappa shape index (κ1) is 28.3. The van der Waals surface area contributed by atoms with Crippen LogP contribution in [0.1, 0.15) is 32.3 Å². The number of nitrogen functional groups attached to an aromatic ring is 2. The summed E-state index contributed by atoms with van der Waals surface area (Å²) in [4.78, 5) is 32.3. The fourth-order valence-corrected chi connectivity index (χ4v) is 3.81. The van der Waals surface area contributed by atoms with Crippen molar-refractivity contribution in [3.63, 3.8) is 0 Å². The number of aromatic nitrogens is 2. The van der Waals surface area contributed by atoms with E-state index in [2.05, 4.69) is 28.8 Å². The summed E-state index contributed by atoms with van der Waals surface area (Å²) in [5.41, 5.74) is 13.6. The third kappa shape index (κ3) is 7.36. The fraction of sp³-hybridized carbons (Fsp3) is 0.321. The van der Waals surface area contributed by atoms with Crippen molar-refractivity contribution < 1.29 is 19.4 Å². The molecule has 0 aliphatic carbocycles. The zero-order valence-corrected chi connectivity index (χ0v) is 22.0. The first-order valence-electron chi connectivity index (χ1n) is 12.5. The molecule has 0 radical (unpaired) electrons. The first-order valence-corrected chi connectivity index (χ1v) is 12.5. The summed E-state index contributed by atoms with van der Waals surface area (Å²) < 4.78 is 12.1. The van der Waals surface area contributed by atoms with Crippen molar-refractivity contribution in [2.24, 2.45) is 0 Å². The van der Waals surface area contributed by atoms with E-state index in [1.165, 1.54) is 6.08 Å². The fourth-order valence-electron chi connectivity index (χ4n) is 3.81. The molecule has 202 valence electrons. The number of likely N-dealkylation sites (N-methyl/N-ethyl adjacent to an activating group) is 1. The minimum atomic E-state index is -1.03. The number of nitrogens with two attached hydrogens (primary N) is 2. The molecular weight excluding hydrogens is 486 g/mol. The molecule has 3 aromatic rings. The summed E-state index contributed by atoms with van der Waals surface area (Å²) in [6.07, 6.45) is 4.87. The molecule has 0 unspecified atom stereocenters. The standard InChI is InChI=1S/C28H35N5O5/c1-4-6-13-33(3)14-15-38-22-11-7-18(8-12-24(34)35)16-21(22)19-9-10-20(23(17-19)37-5-2)27-31-26(30)25(29)28(36)32-27/h7-12,16-17H,4-6,13-15,29H2,1-3H3,(H,34,35)(H3,30,31,32,36)/b12-8+. The molecule has 0 aliphatic heterocycles. The molecule has 0 atom stereocenters. The molecule has 0 spiro atoms. The van der Waals surface area contributed by atoms with Gasteiger partial charge >= 0.3 is 5.97 Å². The monoisotopic (exact) mass is 521 g/mol. The first-order chi connectivity index (χ1) is 18.2. The lowest BCUT2D eigenvalue weighted by Crippen LogP contribution is -2.25. The van der Waals surface area contributed by atoms with Gasteiger partial charge in [0.05, 0.1) is 12.2 Å². The number of hydrogen-bond donors (Lipinski definition) is 4. The Labute approximate surface area is 221 Å². The third-order valence-corrected chi connectivity index (χ3v) is 5.88. The van der Waals surface area contributed by atoms with Crippen LogP contribution in [0.2, 0.25) is 0 Å². The number of ether oxygens (including phenoxy) is 2. The largest absolute Gasteiger partial charge is 0.493 e. The Morgan fingerprint density at radius 2 is 1.87 bits per heavy atom. The lowest BCUT2D eigenvalue weighted by molar-refractivity contribution is -0.131. The van der Waals surface area contributed by atoms with E-state index in [0.717, 1.165) is 43.1 Å². The van der Waals surface area contributed by atoms with E-state index in [4.69, 9.17) is 26.0 Å². The summed E-state index contributed by atoms with van der Waals surface area (Å²) in [6, 6.07) is 11.0. The van der Waals surface area contributed by atoms with Gasteiger partial charge < -0.3 is 35.9 Å². The maximum absolute atomic E-state index is 12.2. The van der Waals surface area contributed by atoms with Crippen molar-refractivity contribution in [3.05, 3.63) is 58.4 Å². The number of carboxylic acid groups (broad SMARTS) is 1. The molecule has 10 heteroatoms. The number of H-pyrrole nitrogens is 1. The van der Waals surface area contributed by atoms with Gasteiger partial charge in [0.25, 0.3) is 5.56 Å². The van der Waals surface area contributed by atoms with Crippen molar-refractivity contribution in [1.29, 1.82) is 0 Å². The van der Waals surface area contributed by atoms with E-state index in [0.29, 0.717) is 35.8 Å². The van der Waals surface area contributed by atoms with E-state index >= 15 is 0 Å². The molecule has 0 fully saturated rings. The van der Waals surface area contributed by atoms with Crippen molar-refractivity contribution in [2.45, 2.75) is 26.7 Å². The second-order valence-corrected chi connectivity index (χ2v) is 8.79.